The number of amides is 1. The molecule has 1 aliphatic heterocycles. The average Bonchev–Trinajstić information content (AvgIpc) is 2.95. The Hall–Kier alpha value is -2.49. The van der Waals surface area contributed by atoms with E-state index in [-0.39, 0.29) is 5.91 Å². The number of para-hydroxylation sites is 1. The predicted molar refractivity (Wildman–Crippen MR) is 98.2 cm³/mol. The lowest BCUT2D eigenvalue weighted by molar-refractivity contribution is 0.0761. The van der Waals surface area contributed by atoms with Crippen LogP contribution in [0.5, 0.6) is 11.5 Å². The fourth-order valence-corrected chi connectivity index (χ4v) is 2.99. The third kappa shape index (κ3) is 5.24. The third-order valence-corrected chi connectivity index (χ3v) is 4.36. The molecule has 0 spiro atoms. The molecule has 132 valence electrons. The number of ether oxygens (including phenoxy) is 2. The van der Waals surface area contributed by atoms with E-state index in [1.165, 1.54) is 12.8 Å². The van der Waals surface area contributed by atoms with Gasteiger partial charge in [-0.2, -0.15) is 0 Å². The van der Waals surface area contributed by atoms with Gasteiger partial charge in [-0.15, -0.1) is 0 Å². The van der Waals surface area contributed by atoms with E-state index in [4.69, 9.17) is 9.47 Å². The Labute approximate surface area is 149 Å². The first-order valence-electron chi connectivity index (χ1n) is 9.03. The smallest absolute Gasteiger partial charge is 0.253 e. The zero-order valence-corrected chi connectivity index (χ0v) is 14.5. The minimum atomic E-state index is 0.126. The van der Waals surface area contributed by atoms with Gasteiger partial charge in [0.1, 0.15) is 24.7 Å². The largest absolute Gasteiger partial charge is 0.490 e. The summed E-state index contributed by atoms with van der Waals surface area (Å²) < 4.78 is 11.3. The summed E-state index contributed by atoms with van der Waals surface area (Å²) in [5.74, 6) is 1.72. The van der Waals surface area contributed by atoms with Crippen LogP contribution in [0.4, 0.5) is 0 Å². The quantitative estimate of drug-likeness (QED) is 0.742. The highest BCUT2D eigenvalue weighted by atomic mass is 16.5. The van der Waals surface area contributed by atoms with Gasteiger partial charge in [-0.1, -0.05) is 31.0 Å². The van der Waals surface area contributed by atoms with Crippen molar-refractivity contribution in [2.75, 3.05) is 26.3 Å². The monoisotopic (exact) mass is 339 g/mol. The maximum atomic E-state index is 12.5. The molecule has 2 aromatic carbocycles. The van der Waals surface area contributed by atoms with Crippen LogP contribution in [0.15, 0.2) is 54.6 Å². The van der Waals surface area contributed by atoms with Crippen molar-refractivity contribution in [3.05, 3.63) is 60.2 Å². The number of hydrogen-bond donors (Lipinski definition) is 0. The molecule has 0 saturated carbocycles. The van der Waals surface area contributed by atoms with Crippen molar-refractivity contribution >= 4 is 5.91 Å². The molecule has 0 aromatic heterocycles. The fraction of sp³-hybridized carbons (Fsp3) is 0.381. The Morgan fingerprint density at radius 3 is 1.92 bits per heavy atom. The van der Waals surface area contributed by atoms with E-state index in [9.17, 15) is 4.79 Å². The molecule has 1 saturated heterocycles. The molecule has 25 heavy (non-hydrogen) atoms. The summed E-state index contributed by atoms with van der Waals surface area (Å²) in [7, 11) is 0. The fourth-order valence-electron chi connectivity index (χ4n) is 2.99. The van der Waals surface area contributed by atoms with E-state index in [2.05, 4.69) is 0 Å². The summed E-state index contributed by atoms with van der Waals surface area (Å²) in [5.41, 5.74) is 0.731. The van der Waals surface area contributed by atoms with Gasteiger partial charge in [-0.05, 0) is 49.2 Å². The van der Waals surface area contributed by atoms with Gasteiger partial charge in [-0.25, -0.2) is 0 Å². The lowest BCUT2D eigenvalue weighted by Crippen LogP contribution is -2.31. The molecule has 0 bridgehead atoms. The van der Waals surface area contributed by atoms with Crippen molar-refractivity contribution in [1.82, 2.24) is 4.90 Å². The van der Waals surface area contributed by atoms with E-state index >= 15 is 0 Å². The Morgan fingerprint density at radius 1 is 0.760 bits per heavy atom. The highest BCUT2D eigenvalue weighted by molar-refractivity contribution is 5.94. The molecule has 1 heterocycles. The van der Waals surface area contributed by atoms with Gasteiger partial charge in [0.2, 0.25) is 0 Å². The third-order valence-electron chi connectivity index (χ3n) is 4.36. The highest BCUT2D eigenvalue weighted by Gasteiger charge is 2.17. The van der Waals surface area contributed by atoms with Crippen LogP contribution in [0.25, 0.3) is 0 Å². The second-order valence-corrected chi connectivity index (χ2v) is 6.24. The van der Waals surface area contributed by atoms with Crippen molar-refractivity contribution in [1.29, 1.82) is 0 Å². The lowest BCUT2D eigenvalue weighted by Gasteiger charge is -2.20. The highest BCUT2D eigenvalue weighted by Crippen LogP contribution is 2.17. The summed E-state index contributed by atoms with van der Waals surface area (Å²) in [4.78, 5) is 14.5. The van der Waals surface area contributed by atoms with Gasteiger partial charge in [0.25, 0.3) is 5.91 Å². The number of hydrogen-bond acceptors (Lipinski definition) is 3. The van der Waals surface area contributed by atoms with E-state index in [0.29, 0.717) is 13.2 Å². The molecule has 0 unspecified atom stereocenters. The van der Waals surface area contributed by atoms with Gasteiger partial charge in [-0.3, -0.25) is 4.79 Å². The first-order valence-corrected chi connectivity index (χ1v) is 9.03. The van der Waals surface area contributed by atoms with Crippen molar-refractivity contribution < 1.29 is 14.3 Å². The second kappa shape index (κ2) is 9.11. The van der Waals surface area contributed by atoms with E-state index in [0.717, 1.165) is 43.0 Å². The zero-order chi connectivity index (χ0) is 17.3. The van der Waals surface area contributed by atoms with Crippen LogP contribution >= 0.6 is 0 Å². The van der Waals surface area contributed by atoms with Gasteiger partial charge in [0.15, 0.2) is 0 Å². The minimum absolute atomic E-state index is 0.126. The first kappa shape index (κ1) is 17.3. The topological polar surface area (TPSA) is 38.8 Å². The van der Waals surface area contributed by atoms with Crippen LogP contribution in [-0.4, -0.2) is 37.1 Å². The molecular formula is C21H25NO3. The number of nitrogens with zero attached hydrogens (tertiary/aromatic N) is 1. The lowest BCUT2D eigenvalue weighted by atomic mass is 10.2. The Balaban J connectivity index is 1.45. The second-order valence-electron chi connectivity index (χ2n) is 6.24. The molecule has 1 fully saturated rings. The molecule has 2 aromatic rings. The van der Waals surface area contributed by atoms with Crippen LogP contribution in [0.2, 0.25) is 0 Å². The summed E-state index contributed by atoms with van der Waals surface area (Å²) in [6, 6.07) is 17.1. The Morgan fingerprint density at radius 2 is 1.32 bits per heavy atom. The van der Waals surface area contributed by atoms with Gasteiger partial charge >= 0.3 is 0 Å². The van der Waals surface area contributed by atoms with E-state index in [1.807, 2.05) is 59.5 Å². The van der Waals surface area contributed by atoms with Crippen LogP contribution in [0, 0.1) is 0 Å². The zero-order valence-electron chi connectivity index (χ0n) is 14.5. The maximum absolute atomic E-state index is 12.5. The average molecular weight is 339 g/mol. The first-order chi connectivity index (χ1) is 12.3. The molecule has 1 aliphatic rings. The molecule has 0 atom stereocenters. The van der Waals surface area contributed by atoms with E-state index in [1.54, 1.807) is 0 Å². The molecule has 3 rings (SSSR count). The number of likely N-dealkylation sites (tertiary alicyclic amines) is 1. The number of carbonyl (C=O) groups excluding carboxylic acids is 1. The number of rotatable bonds is 6. The van der Waals surface area contributed by atoms with Crippen molar-refractivity contribution in [3.8, 4) is 11.5 Å². The number of carbonyl (C=O) groups is 1. The molecule has 4 nitrogen and oxygen atoms in total. The van der Waals surface area contributed by atoms with Crippen molar-refractivity contribution in [3.63, 3.8) is 0 Å². The molecule has 0 N–H and O–H groups in total. The molecular weight excluding hydrogens is 314 g/mol. The maximum Gasteiger partial charge on any atom is 0.253 e. The van der Waals surface area contributed by atoms with Crippen molar-refractivity contribution in [2.24, 2.45) is 0 Å². The molecule has 0 radical (unpaired) electrons. The Kier molecular flexibility index (Phi) is 6.32. The summed E-state index contributed by atoms with van der Waals surface area (Å²) in [5, 5.41) is 0. The van der Waals surface area contributed by atoms with Crippen LogP contribution < -0.4 is 9.47 Å². The SMILES string of the molecule is O=C(c1ccc(OCCOc2ccccc2)cc1)N1CCCCCC1. The summed E-state index contributed by atoms with van der Waals surface area (Å²) in [6.45, 7) is 2.69. The standard InChI is InChI=1S/C21H25NO3/c23-21(22-14-6-1-2-7-15-22)18-10-12-20(13-11-18)25-17-16-24-19-8-4-3-5-9-19/h3-5,8-13H,1-2,6-7,14-17H2. The van der Waals surface area contributed by atoms with Crippen LogP contribution in [0.3, 0.4) is 0 Å². The molecule has 4 heteroatoms. The van der Waals surface area contributed by atoms with Gasteiger partial charge < -0.3 is 14.4 Å². The van der Waals surface area contributed by atoms with Crippen LogP contribution in [0.1, 0.15) is 36.0 Å². The minimum Gasteiger partial charge on any atom is -0.490 e. The normalized spacial score (nSPS) is 14.6. The van der Waals surface area contributed by atoms with Crippen molar-refractivity contribution in [2.45, 2.75) is 25.7 Å². The van der Waals surface area contributed by atoms with Gasteiger partial charge in [0.05, 0.1) is 0 Å². The summed E-state index contributed by atoms with van der Waals surface area (Å²) in [6.07, 6.45) is 4.66. The van der Waals surface area contributed by atoms with Crippen LogP contribution in [-0.2, 0) is 0 Å². The Bertz CT molecular complexity index is 647. The number of benzene rings is 2. The summed E-state index contributed by atoms with van der Waals surface area (Å²) >= 11 is 0. The molecule has 1 amide bonds. The van der Waals surface area contributed by atoms with Gasteiger partial charge in [0, 0.05) is 18.7 Å². The predicted octanol–water partition coefficient (Wildman–Crippen LogP) is 4.16. The molecule has 0 aliphatic carbocycles. The van der Waals surface area contributed by atoms with E-state index < -0.39 is 0 Å².